The Hall–Kier alpha value is -3.09. The van der Waals surface area contributed by atoms with Crippen LogP contribution in [0.2, 0.25) is 0 Å². The Kier molecular flexibility index (Phi) is 8.57. The van der Waals surface area contributed by atoms with Crippen LogP contribution in [-0.4, -0.2) is 62.1 Å². The predicted molar refractivity (Wildman–Crippen MR) is 143 cm³/mol. The van der Waals surface area contributed by atoms with Gasteiger partial charge in [-0.15, -0.1) is 0 Å². The van der Waals surface area contributed by atoms with Crippen molar-refractivity contribution >= 4 is 30.7 Å². The van der Waals surface area contributed by atoms with Crippen molar-refractivity contribution in [1.29, 1.82) is 0 Å². The van der Waals surface area contributed by atoms with Crippen LogP contribution in [0.4, 0.5) is 5.82 Å². The molecule has 1 unspecified atom stereocenters. The number of imidazole rings is 1. The maximum Gasteiger partial charge on any atom is 0.459 e. The van der Waals surface area contributed by atoms with Gasteiger partial charge in [0.15, 0.2) is 11.5 Å². The Morgan fingerprint density at radius 2 is 2.03 bits per heavy atom. The minimum atomic E-state index is -4.19. The molecule has 3 heterocycles. The van der Waals surface area contributed by atoms with E-state index in [2.05, 4.69) is 20.0 Å². The molecule has 0 radical (unpaired) electrons. The molecule has 0 saturated carbocycles. The number of esters is 1. The zero-order valence-corrected chi connectivity index (χ0v) is 23.5. The van der Waals surface area contributed by atoms with Gasteiger partial charge in [-0.25, -0.2) is 19.5 Å². The van der Waals surface area contributed by atoms with Crippen LogP contribution < -0.4 is 15.3 Å². The molecule has 5 atom stereocenters. The van der Waals surface area contributed by atoms with Gasteiger partial charge in [-0.2, -0.15) is 5.09 Å². The van der Waals surface area contributed by atoms with E-state index in [9.17, 15) is 14.5 Å². The summed E-state index contributed by atoms with van der Waals surface area (Å²) in [6.45, 7) is 8.78. The van der Waals surface area contributed by atoms with E-state index in [0.29, 0.717) is 17.0 Å². The minimum absolute atomic E-state index is 0.173. The SMILES string of the molecule is Cc1nc(N)c2ncn([C@H]3C[C@@H](OP(=O)(N[C@@H](C)C(=O)OCC(C)(C)C)Oc4ccccc4)[C@@H](CO)O3)c2n1. The van der Waals surface area contributed by atoms with Gasteiger partial charge in [-0.1, -0.05) is 39.0 Å². The lowest BCUT2D eigenvalue weighted by atomic mass is 9.99. The van der Waals surface area contributed by atoms with Crippen molar-refractivity contribution in [2.75, 3.05) is 18.9 Å². The Morgan fingerprint density at radius 1 is 1.31 bits per heavy atom. The third kappa shape index (κ3) is 7.11. The Balaban J connectivity index is 1.56. The van der Waals surface area contributed by atoms with Crippen LogP contribution in [0.3, 0.4) is 0 Å². The molecule has 1 saturated heterocycles. The quantitative estimate of drug-likeness (QED) is 0.244. The Morgan fingerprint density at radius 3 is 2.69 bits per heavy atom. The second-order valence-corrected chi connectivity index (χ2v) is 12.2. The van der Waals surface area contributed by atoms with Crippen molar-refractivity contribution in [3.8, 4) is 5.75 Å². The van der Waals surface area contributed by atoms with Gasteiger partial charge in [0.2, 0.25) is 0 Å². The average molecular weight is 563 g/mol. The normalized spacial score (nSPS) is 21.9. The number of anilines is 1. The van der Waals surface area contributed by atoms with Crippen LogP contribution in [0.25, 0.3) is 11.2 Å². The van der Waals surface area contributed by atoms with Crippen LogP contribution in [-0.2, 0) is 23.4 Å². The predicted octanol–water partition coefficient (Wildman–Crippen LogP) is 3.14. The molecular weight excluding hydrogens is 527 g/mol. The summed E-state index contributed by atoms with van der Waals surface area (Å²) in [6, 6.07) is 7.41. The number of hydrogen-bond acceptors (Lipinski definition) is 11. The molecule has 3 aromatic rings. The molecule has 4 rings (SSSR count). The minimum Gasteiger partial charge on any atom is -0.464 e. The molecule has 2 aromatic heterocycles. The highest BCUT2D eigenvalue weighted by Gasteiger charge is 2.44. The van der Waals surface area contributed by atoms with Gasteiger partial charge in [0.05, 0.1) is 19.5 Å². The molecule has 14 heteroatoms. The molecule has 1 aliphatic heterocycles. The molecule has 1 aliphatic rings. The molecule has 0 amide bonds. The number of aryl methyl sites for hydroxylation is 1. The van der Waals surface area contributed by atoms with E-state index in [1.54, 1.807) is 41.8 Å². The van der Waals surface area contributed by atoms with Gasteiger partial charge in [-0.05, 0) is 31.4 Å². The number of nitrogen functional groups attached to an aromatic ring is 1. The van der Waals surface area contributed by atoms with Crippen LogP contribution in [0, 0.1) is 12.3 Å². The number of aliphatic hydroxyl groups is 1. The highest BCUT2D eigenvalue weighted by atomic mass is 31.2. The van der Waals surface area contributed by atoms with Gasteiger partial charge in [0.1, 0.15) is 41.6 Å². The lowest BCUT2D eigenvalue weighted by molar-refractivity contribution is -0.148. The largest absolute Gasteiger partial charge is 0.464 e. The van der Waals surface area contributed by atoms with Crippen molar-refractivity contribution < 1.29 is 33.0 Å². The number of fused-ring (bicyclic) bond motifs is 1. The molecule has 0 spiro atoms. The third-order valence-corrected chi connectivity index (χ3v) is 7.53. The number of aromatic nitrogens is 4. The Labute approximate surface area is 226 Å². The second-order valence-electron chi connectivity index (χ2n) is 10.6. The number of carbonyl (C=O) groups is 1. The fraction of sp³-hybridized carbons (Fsp3) is 0.520. The number of hydrogen-bond donors (Lipinski definition) is 3. The maximum absolute atomic E-state index is 14.1. The number of ether oxygens (including phenoxy) is 2. The lowest BCUT2D eigenvalue weighted by Gasteiger charge is -2.27. The molecule has 212 valence electrons. The van der Waals surface area contributed by atoms with Gasteiger partial charge < -0.3 is 24.8 Å². The molecule has 0 bridgehead atoms. The van der Waals surface area contributed by atoms with E-state index in [1.807, 2.05) is 20.8 Å². The summed E-state index contributed by atoms with van der Waals surface area (Å²) < 4.78 is 38.9. The van der Waals surface area contributed by atoms with Crippen molar-refractivity contribution in [3.05, 3.63) is 42.5 Å². The van der Waals surface area contributed by atoms with Crippen molar-refractivity contribution in [3.63, 3.8) is 0 Å². The second kappa shape index (κ2) is 11.6. The van der Waals surface area contributed by atoms with Crippen molar-refractivity contribution in [1.82, 2.24) is 24.6 Å². The van der Waals surface area contributed by atoms with Crippen molar-refractivity contribution in [2.45, 2.75) is 65.5 Å². The number of carbonyl (C=O) groups excluding carboxylic acids is 1. The number of rotatable bonds is 10. The summed E-state index contributed by atoms with van der Waals surface area (Å²) in [5.41, 5.74) is 6.62. The molecule has 4 N–H and O–H groups in total. The topological polar surface area (TPSA) is 173 Å². The molecule has 13 nitrogen and oxygen atoms in total. The fourth-order valence-electron chi connectivity index (χ4n) is 3.99. The fourth-order valence-corrected chi connectivity index (χ4v) is 5.70. The molecule has 39 heavy (non-hydrogen) atoms. The smallest absolute Gasteiger partial charge is 0.459 e. The standard InChI is InChI=1S/C25H35N6O7P/c1-15(24(33)35-13-25(3,4)5)30-39(34,37-17-9-7-6-8-10-17)38-18-11-20(36-19(18)12-32)31-14-27-21-22(26)28-16(2)29-23(21)31/h6-10,14-15,18-20,32H,11-13H2,1-5H3,(H,30,34)(H2,26,28,29)/t15-,18+,19+,20+,39?/m0/s1. The van der Waals surface area contributed by atoms with Gasteiger partial charge in [0, 0.05) is 6.42 Å². The van der Waals surface area contributed by atoms with E-state index in [-0.39, 0.29) is 30.0 Å². The molecular formula is C25H35N6O7P. The van der Waals surface area contributed by atoms with E-state index in [1.165, 1.54) is 13.3 Å². The molecule has 1 fully saturated rings. The van der Waals surface area contributed by atoms with Crippen LogP contribution in [0.5, 0.6) is 5.75 Å². The summed E-state index contributed by atoms with van der Waals surface area (Å²) in [5.74, 6) is 0.353. The molecule has 0 aliphatic carbocycles. The van der Waals surface area contributed by atoms with Crippen LogP contribution in [0.1, 0.15) is 46.2 Å². The summed E-state index contributed by atoms with van der Waals surface area (Å²) in [5, 5.41) is 12.7. The number of nitrogens with two attached hydrogens (primary N) is 1. The monoisotopic (exact) mass is 562 g/mol. The summed E-state index contributed by atoms with van der Waals surface area (Å²) in [6.07, 6.45) is -0.706. The summed E-state index contributed by atoms with van der Waals surface area (Å²) >= 11 is 0. The van der Waals surface area contributed by atoms with Crippen LogP contribution >= 0.6 is 7.75 Å². The Bertz CT molecular complexity index is 1350. The first-order chi connectivity index (χ1) is 18.4. The average Bonchev–Trinajstić information content (AvgIpc) is 3.46. The highest BCUT2D eigenvalue weighted by molar-refractivity contribution is 7.52. The lowest BCUT2D eigenvalue weighted by Crippen LogP contribution is -2.38. The maximum atomic E-state index is 14.1. The van der Waals surface area contributed by atoms with Gasteiger partial charge in [-0.3, -0.25) is 13.9 Å². The first kappa shape index (κ1) is 28.9. The number of nitrogens with zero attached hydrogens (tertiary/aromatic N) is 4. The first-order valence-electron chi connectivity index (χ1n) is 12.6. The number of benzene rings is 1. The van der Waals surface area contributed by atoms with Crippen molar-refractivity contribution in [2.24, 2.45) is 5.41 Å². The number of aliphatic hydroxyl groups excluding tert-OH is 1. The van der Waals surface area contributed by atoms with Gasteiger partial charge in [0.25, 0.3) is 0 Å². The van der Waals surface area contributed by atoms with E-state index >= 15 is 0 Å². The van der Waals surface area contributed by atoms with E-state index in [0.717, 1.165) is 0 Å². The number of para-hydroxylation sites is 1. The summed E-state index contributed by atoms with van der Waals surface area (Å²) in [4.78, 5) is 25.5. The van der Waals surface area contributed by atoms with E-state index in [4.69, 9.17) is 24.3 Å². The van der Waals surface area contributed by atoms with E-state index < -0.39 is 44.8 Å². The van der Waals surface area contributed by atoms with Gasteiger partial charge >= 0.3 is 13.7 Å². The zero-order chi connectivity index (χ0) is 28.4. The number of nitrogens with one attached hydrogen (secondary N) is 1. The van der Waals surface area contributed by atoms with Crippen LogP contribution in [0.15, 0.2) is 36.7 Å². The third-order valence-electron chi connectivity index (χ3n) is 5.83. The highest BCUT2D eigenvalue weighted by Crippen LogP contribution is 2.49. The first-order valence-corrected chi connectivity index (χ1v) is 14.1. The summed E-state index contributed by atoms with van der Waals surface area (Å²) in [7, 11) is -4.19. The zero-order valence-electron chi connectivity index (χ0n) is 22.6. The molecule has 1 aromatic carbocycles.